The summed E-state index contributed by atoms with van der Waals surface area (Å²) < 4.78 is 1.53. The van der Waals surface area contributed by atoms with Crippen molar-refractivity contribution in [3.05, 3.63) is 88.3 Å². The van der Waals surface area contributed by atoms with Crippen molar-refractivity contribution in [3.63, 3.8) is 0 Å². The molecule has 0 spiro atoms. The molecule has 0 aliphatic rings. The van der Waals surface area contributed by atoms with Crippen molar-refractivity contribution in [1.82, 2.24) is 9.55 Å². The monoisotopic (exact) mass is 373 g/mol. The summed E-state index contributed by atoms with van der Waals surface area (Å²) in [5, 5.41) is 11.3. The quantitative estimate of drug-likeness (QED) is 0.525. The van der Waals surface area contributed by atoms with Gasteiger partial charge < -0.3 is 15.4 Å². The van der Waals surface area contributed by atoms with Gasteiger partial charge in [-0.05, 0) is 30.2 Å². The van der Waals surface area contributed by atoms with Gasteiger partial charge in [-0.3, -0.25) is 14.6 Å². The van der Waals surface area contributed by atoms with Crippen LogP contribution in [0, 0.1) is 0 Å². The van der Waals surface area contributed by atoms with E-state index in [0.29, 0.717) is 28.3 Å². The van der Waals surface area contributed by atoms with Crippen LogP contribution in [0.5, 0.6) is 0 Å². The molecule has 1 amide bonds. The average molecular weight is 373 g/mol. The van der Waals surface area contributed by atoms with Gasteiger partial charge in [0.25, 0.3) is 5.56 Å². The number of pyridine rings is 2. The van der Waals surface area contributed by atoms with Crippen LogP contribution in [0.1, 0.15) is 22.0 Å². The lowest BCUT2D eigenvalue weighted by atomic mass is 10.0. The molecule has 140 valence electrons. The maximum Gasteiger partial charge on any atom is 0.277 e. The molecule has 3 N–H and O–H groups in total. The summed E-state index contributed by atoms with van der Waals surface area (Å²) in [5.74, 6) is -0.579. The molecule has 0 fully saturated rings. The standard InChI is InChI=1S/C22H19N3O3/c23-21(27)17-8-4-10-18-19(17)16-9-5-11-24-20(16)22(28)25(18)15(13-26)12-14-6-2-1-3-7-14/h1-11,15,26H,12-13H2,(H2,23,27)/t15-/m0/s1. The lowest BCUT2D eigenvalue weighted by molar-refractivity contribution is 0.100. The minimum absolute atomic E-state index is 0.233. The molecule has 2 heterocycles. The Balaban J connectivity index is 2.07. The number of primary amides is 1. The normalized spacial score (nSPS) is 12.3. The molecular formula is C22H19N3O3. The highest BCUT2D eigenvalue weighted by Gasteiger charge is 2.21. The number of hydrogen-bond donors (Lipinski definition) is 2. The van der Waals surface area contributed by atoms with Gasteiger partial charge in [0.2, 0.25) is 5.91 Å². The van der Waals surface area contributed by atoms with Gasteiger partial charge in [0.1, 0.15) is 5.52 Å². The third kappa shape index (κ3) is 2.93. The molecule has 2 aromatic carbocycles. The van der Waals surface area contributed by atoms with Crippen LogP contribution in [-0.2, 0) is 6.42 Å². The van der Waals surface area contributed by atoms with Crippen LogP contribution in [0.15, 0.2) is 71.7 Å². The smallest absolute Gasteiger partial charge is 0.277 e. The van der Waals surface area contributed by atoms with Crippen LogP contribution >= 0.6 is 0 Å². The molecule has 0 aliphatic heterocycles. The highest BCUT2D eigenvalue weighted by atomic mass is 16.3. The zero-order chi connectivity index (χ0) is 19.7. The Hall–Kier alpha value is -3.51. The number of carbonyl (C=O) groups is 1. The molecule has 0 saturated carbocycles. The maximum absolute atomic E-state index is 13.3. The van der Waals surface area contributed by atoms with E-state index in [2.05, 4.69) is 4.98 Å². The molecule has 4 aromatic rings. The van der Waals surface area contributed by atoms with Crippen molar-refractivity contribution >= 4 is 27.7 Å². The maximum atomic E-state index is 13.3. The highest BCUT2D eigenvalue weighted by molar-refractivity contribution is 6.15. The zero-order valence-electron chi connectivity index (χ0n) is 15.1. The van der Waals surface area contributed by atoms with Gasteiger partial charge in [-0.15, -0.1) is 0 Å². The van der Waals surface area contributed by atoms with E-state index in [4.69, 9.17) is 5.73 Å². The summed E-state index contributed by atoms with van der Waals surface area (Å²) in [7, 11) is 0. The third-order valence-electron chi connectivity index (χ3n) is 4.96. The Kier molecular flexibility index (Phi) is 4.63. The molecular weight excluding hydrogens is 354 g/mol. The lowest BCUT2D eigenvalue weighted by Gasteiger charge is -2.22. The van der Waals surface area contributed by atoms with Crippen molar-refractivity contribution in [3.8, 4) is 0 Å². The zero-order valence-corrected chi connectivity index (χ0v) is 15.1. The largest absolute Gasteiger partial charge is 0.394 e. The van der Waals surface area contributed by atoms with Gasteiger partial charge in [-0.25, -0.2) is 0 Å². The Labute approximate surface area is 160 Å². The lowest BCUT2D eigenvalue weighted by Crippen LogP contribution is -2.30. The van der Waals surface area contributed by atoms with Gasteiger partial charge in [-0.1, -0.05) is 42.5 Å². The summed E-state index contributed by atoms with van der Waals surface area (Å²) in [6.45, 7) is -0.233. The second-order valence-electron chi connectivity index (χ2n) is 6.66. The minimum atomic E-state index is -0.579. The van der Waals surface area contributed by atoms with Crippen molar-refractivity contribution < 1.29 is 9.90 Å². The Morgan fingerprint density at radius 2 is 1.86 bits per heavy atom. The first-order chi connectivity index (χ1) is 13.6. The fourth-order valence-electron chi connectivity index (χ4n) is 3.72. The number of aromatic nitrogens is 2. The number of carbonyl (C=O) groups excluding carboxylic acids is 1. The number of aliphatic hydroxyl groups excluding tert-OH is 1. The minimum Gasteiger partial charge on any atom is -0.394 e. The Bertz CT molecular complexity index is 1230. The van der Waals surface area contributed by atoms with E-state index in [9.17, 15) is 14.7 Å². The Morgan fingerprint density at radius 3 is 2.57 bits per heavy atom. The van der Waals surface area contributed by atoms with Crippen molar-refractivity contribution in [2.45, 2.75) is 12.5 Å². The predicted octanol–water partition coefficient (Wildman–Crippen LogP) is 2.42. The van der Waals surface area contributed by atoms with E-state index in [1.54, 1.807) is 30.3 Å². The second-order valence-corrected chi connectivity index (χ2v) is 6.66. The first-order valence-corrected chi connectivity index (χ1v) is 8.98. The number of amides is 1. The summed E-state index contributed by atoms with van der Waals surface area (Å²) in [6, 6.07) is 17.7. The van der Waals surface area contributed by atoms with Crippen LogP contribution in [0.4, 0.5) is 0 Å². The van der Waals surface area contributed by atoms with Crippen LogP contribution in [0.2, 0.25) is 0 Å². The summed E-state index contributed by atoms with van der Waals surface area (Å²) in [6.07, 6.45) is 2.00. The van der Waals surface area contributed by atoms with E-state index in [1.165, 1.54) is 10.8 Å². The molecule has 6 nitrogen and oxygen atoms in total. The van der Waals surface area contributed by atoms with Crippen LogP contribution in [0.3, 0.4) is 0 Å². The molecule has 6 heteroatoms. The number of hydrogen-bond acceptors (Lipinski definition) is 4. The van der Waals surface area contributed by atoms with Gasteiger partial charge in [-0.2, -0.15) is 0 Å². The molecule has 0 saturated heterocycles. The summed E-state index contributed by atoms with van der Waals surface area (Å²) >= 11 is 0. The van der Waals surface area contributed by atoms with Crippen molar-refractivity contribution in [2.75, 3.05) is 6.61 Å². The number of fused-ring (bicyclic) bond motifs is 3. The first-order valence-electron chi connectivity index (χ1n) is 8.98. The molecule has 1 atom stereocenters. The first kappa shape index (κ1) is 17.9. The van der Waals surface area contributed by atoms with E-state index < -0.39 is 11.9 Å². The highest BCUT2D eigenvalue weighted by Crippen LogP contribution is 2.28. The molecule has 0 radical (unpaired) electrons. The molecule has 28 heavy (non-hydrogen) atoms. The fourth-order valence-corrected chi connectivity index (χ4v) is 3.72. The van der Waals surface area contributed by atoms with E-state index in [-0.39, 0.29) is 17.7 Å². The van der Waals surface area contributed by atoms with Gasteiger partial charge >= 0.3 is 0 Å². The van der Waals surface area contributed by atoms with Crippen LogP contribution < -0.4 is 11.3 Å². The topological polar surface area (TPSA) is 98.2 Å². The van der Waals surface area contributed by atoms with Crippen LogP contribution in [-0.4, -0.2) is 27.2 Å². The number of nitrogens with two attached hydrogens (primary N) is 1. The molecule has 0 bridgehead atoms. The van der Waals surface area contributed by atoms with Gasteiger partial charge in [0, 0.05) is 22.5 Å². The van der Waals surface area contributed by atoms with Gasteiger partial charge in [0.15, 0.2) is 0 Å². The number of aliphatic hydroxyl groups is 1. The number of rotatable bonds is 5. The number of benzene rings is 2. The predicted molar refractivity (Wildman–Crippen MR) is 108 cm³/mol. The fraction of sp³-hybridized carbons (Fsp3) is 0.136. The average Bonchev–Trinajstić information content (AvgIpc) is 2.73. The summed E-state index contributed by atoms with van der Waals surface area (Å²) in [5.41, 5.74) is 7.40. The Morgan fingerprint density at radius 1 is 1.07 bits per heavy atom. The van der Waals surface area contributed by atoms with Gasteiger partial charge in [0.05, 0.1) is 18.2 Å². The second kappa shape index (κ2) is 7.25. The van der Waals surface area contributed by atoms with E-state index in [0.717, 1.165) is 5.56 Å². The molecule has 0 aliphatic carbocycles. The molecule has 0 unspecified atom stereocenters. The SMILES string of the molecule is NC(=O)c1cccc2c1c1cccnc1c(=O)n2[C@H](CO)Cc1ccccc1. The van der Waals surface area contributed by atoms with E-state index in [1.807, 2.05) is 30.3 Å². The van der Waals surface area contributed by atoms with Crippen molar-refractivity contribution in [2.24, 2.45) is 5.73 Å². The third-order valence-corrected chi connectivity index (χ3v) is 4.96. The van der Waals surface area contributed by atoms with E-state index >= 15 is 0 Å². The van der Waals surface area contributed by atoms with Crippen LogP contribution in [0.25, 0.3) is 21.8 Å². The number of nitrogens with zero attached hydrogens (tertiary/aromatic N) is 2. The summed E-state index contributed by atoms with van der Waals surface area (Å²) in [4.78, 5) is 29.6. The molecule has 4 rings (SSSR count). The molecule has 2 aromatic heterocycles. The van der Waals surface area contributed by atoms with Crippen molar-refractivity contribution in [1.29, 1.82) is 0 Å².